The van der Waals surface area contributed by atoms with Crippen LogP contribution in [0.5, 0.6) is 0 Å². The molecule has 46 heavy (non-hydrogen) atoms. The van der Waals surface area contributed by atoms with Gasteiger partial charge in [-0.2, -0.15) is 27.1 Å². The Morgan fingerprint density at radius 2 is 1.72 bits per heavy atom. The van der Waals surface area contributed by atoms with Crippen LogP contribution in [-0.2, 0) is 10.0 Å². The zero-order valence-corrected chi connectivity index (χ0v) is 27.9. The van der Waals surface area contributed by atoms with Gasteiger partial charge in [0.25, 0.3) is 5.91 Å². The molecule has 11 nitrogen and oxygen atoms in total. The number of benzene rings is 3. The number of anilines is 2. The maximum atomic E-state index is 14.0. The Morgan fingerprint density at radius 3 is 2.37 bits per heavy atom. The van der Waals surface area contributed by atoms with Gasteiger partial charge >= 0.3 is 15.8 Å². The van der Waals surface area contributed by atoms with E-state index in [1.54, 1.807) is 30.3 Å². The van der Waals surface area contributed by atoms with E-state index in [9.17, 15) is 23.3 Å². The Bertz CT molecular complexity index is 2180. The Balaban J connectivity index is 1.58. The largest absolute Gasteiger partial charge is 0.377 e. The molecule has 0 radical (unpaired) electrons. The lowest BCUT2D eigenvalue weighted by molar-refractivity contribution is -0.584. The van der Waals surface area contributed by atoms with Gasteiger partial charge in [0.1, 0.15) is 22.0 Å². The van der Waals surface area contributed by atoms with E-state index in [0.29, 0.717) is 21.7 Å². The predicted octanol–water partition coefficient (Wildman–Crippen LogP) is 5.45. The molecule has 5 aromatic rings. The van der Waals surface area contributed by atoms with Crippen LogP contribution in [0.1, 0.15) is 20.7 Å². The number of pyridine rings is 1. The van der Waals surface area contributed by atoms with E-state index in [1.165, 1.54) is 47.3 Å². The van der Waals surface area contributed by atoms with Gasteiger partial charge < -0.3 is 10.2 Å². The number of Topliss-reactive ketones (excluding diaryl/α,β-unsaturated/α-hetero) is 1. The lowest BCUT2D eigenvalue weighted by Crippen LogP contribution is -2.43. The standard InChI is InChI=1S/C30H21Cl2N7O4S3/c1-38(2)19-10-12-39(13-11-19)29(21(16-33)28(40)17-6-8-18(31)9-7-17)37-46(42,43)26-14-20(22(32)15-25(26)44)30(41)34-23-4-3-5-24-27(23)36-45-35-24/h3-15H,1-2H3,(H2-,34,35,37,40,41,44)/p+1. The fourth-order valence-electron chi connectivity index (χ4n) is 4.27. The maximum Gasteiger partial charge on any atom is 0.330 e. The smallest absolute Gasteiger partial charge is 0.330 e. The van der Waals surface area contributed by atoms with Crippen LogP contribution in [0.15, 0.2) is 94.5 Å². The first-order valence-corrected chi connectivity index (χ1v) is 16.5. The van der Waals surface area contributed by atoms with Crippen molar-refractivity contribution in [3.8, 4) is 6.07 Å². The molecule has 0 saturated carbocycles. The SMILES string of the molecule is CN(C)c1cc[n+](/C(NS(=O)(=O)c2cc(C(=O)Nc3cccc4nsnc34)c(Cl)cc2S)=C(\C#N)C(=O)c2ccc(Cl)cc2)cc1. The van der Waals surface area contributed by atoms with Crippen LogP contribution in [0, 0.1) is 11.3 Å². The van der Waals surface area contributed by atoms with Crippen molar-refractivity contribution in [3.05, 3.63) is 106 Å². The topological polar surface area (TPSA) is 149 Å². The molecule has 0 aliphatic carbocycles. The van der Waals surface area contributed by atoms with Crippen molar-refractivity contribution in [2.45, 2.75) is 9.79 Å². The van der Waals surface area contributed by atoms with Crippen molar-refractivity contribution in [1.82, 2.24) is 13.5 Å². The van der Waals surface area contributed by atoms with E-state index < -0.39 is 32.2 Å². The minimum Gasteiger partial charge on any atom is -0.377 e. The number of ketones is 1. The summed E-state index contributed by atoms with van der Waals surface area (Å²) < 4.78 is 40.0. The monoisotopic (exact) mass is 710 g/mol. The van der Waals surface area contributed by atoms with E-state index in [-0.39, 0.29) is 26.9 Å². The van der Waals surface area contributed by atoms with Gasteiger partial charge in [-0.15, -0.1) is 12.6 Å². The number of fused-ring (bicyclic) bond motifs is 1. The number of nitrogens with zero attached hydrogens (tertiary/aromatic N) is 5. The third kappa shape index (κ3) is 6.84. The molecule has 0 spiro atoms. The number of aromatic nitrogens is 3. The van der Waals surface area contributed by atoms with E-state index >= 15 is 0 Å². The summed E-state index contributed by atoms with van der Waals surface area (Å²) in [6, 6.07) is 18.3. The third-order valence-electron chi connectivity index (χ3n) is 6.62. The van der Waals surface area contributed by atoms with Gasteiger partial charge in [-0.1, -0.05) is 29.3 Å². The van der Waals surface area contributed by atoms with Crippen LogP contribution in [-0.4, -0.2) is 43.0 Å². The highest BCUT2D eigenvalue weighted by Crippen LogP contribution is 2.30. The molecule has 232 valence electrons. The number of carbonyl (C=O) groups excluding carboxylic acids is 2. The first kappa shape index (κ1) is 32.9. The molecule has 0 atom stereocenters. The number of nitrogens with one attached hydrogen (secondary N) is 2. The number of thiol groups is 1. The molecule has 0 aliphatic heterocycles. The summed E-state index contributed by atoms with van der Waals surface area (Å²) in [5, 5.41) is 13.2. The molecule has 16 heteroatoms. The van der Waals surface area contributed by atoms with Crippen LogP contribution in [0.4, 0.5) is 11.4 Å². The van der Waals surface area contributed by atoms with Crippen LogP contribution in [0.2, 0.25) is 10.0 Å². The predicted molar refractivity (Wildman–Crippen MR) is 180 cm³/mol. The summed E-state index contributed by atoms with van der Waals surface area (Å²) >= 11 is 17.6. The van der Waals surface area contributed by atoms with Crippen molar-refractivity contribution in [3.63, 3.8) is 0 Å². The van der Waals surface area contributed by atoms with Gasteiger partial charge in [0.05, 0.1) is 40.4 Å². The number of hydrogen-bond acceptors (Lipinski definition) is 10. The molecule has 0 bridgehead atoms. The fourth-order valence-corrected chi connectivity index (χ4v) is 7.00. The zero-order valence-electron chi connectivity index (χ0n) is 23.9. The number of rotatable bonds is 9. The molecule has 2 N–H and O–H groups in total. The van der Waals surface area contributed by atoms with E-state index in [2.05, 4.69) is 31.4 Å². The number of halogens is 2. The number of nitriles is 1. The molecule has 0 fully saturated rings. The molecule has 2 heterocycles. The fraction of sp³-hybridized carbons (Fsp3) is 0.0667. The summed E-state index contributed by atoms with van der Waals surface area (Å²) in [6.07, 6.45) is 2.99. The average molecular weight is 712 g/mol. The third-order valence-corrected chi connectivity index (χ3v) is 9.62. The van der Waals surface area contributed by atoms with Crippen LogP contribution < -0.4 is 19.5 Å². The second kappa shape index (κ2) is 13.5. The number of amides is 1. The van der Waals surface area contributed by atoms with E-state index in [1.807, 2.05) is 25.1 Å². The second-order valence-electron chi connectivity index (χ2n) is 9.83. The van der Waals surface area contributed by atoms with Crippen LogP contribution >= 0.6 is 47.6 Å². The van der Waals surface area contributed by atoms with Crippen molar-refractivity contribution in [2.24, 2.45) is 0 Å². The number of carbonyl (C=O) groups is 2. The summed E-state index contributed by atoms with van der Waals surface area (Å²) in [6.45, 7) is 0. The van der Waals surface area contributed by atoms with Crippen molar-refractivity contribution >= 4 is 97.5 Å². The highest BCUT2D eigenvalue weighted by molar-refractivity contribution is 7.90. The van der Waals surface area contributed by atoms with Gasteiger partial charge in [-0.3, -0.25) is 9.59 Å². The molecule has 2 aromatic heterocycles. The quantitative estimate of drug-likeness (QED) is 0.0602. The Kier molecular flexibility index (Phi) is 9.61. The average Bonchev–Trinajstić information content (AvgIpc) is 3.51. The molecule has 5 rings (SSSR count). The van der Waals surface area contributed by atoms with Crippen molar-refractivity contribution in [1.29, 1.82) is 5.26 Å². The van der Waals surface area contributed by atoms with Gasteiger partial charge in [0.2, 0.25) is 5.78 Å². The number of hydrogen-bond donors (Lipinski definition) is 3. The second-order valence-corrected chi connectivity index (χ2v) is 13.3. The normalized spacial score (nSPS) is 11.8. The highest BCUT2D eigenvalue weighted by atomic mass is 35.5. The first-order valence-electron chi connectivity index (χ1n) is 13.1. The van der Waals surface area contributed by atoms with Gasteiger partial charge in [0.15, 0.2) is 5.57 Å². The number of sulfonamides is 1. The minimum absolute atomic E-state index is 0.0647. The van der Waals surface area contributed by atoms with E-state index in [4.69, 9.17) is 23.2 Å². The first-order chi connectivity index (χ1) is 21.9. The molecule has 1 amide bonds. The summed E-state index contributed by atoms with van der Waals surface area (Å²) in [5.74, 6) is -1.83. The minimum atomic E-state index is -4.61. The van der Waals surface area contributed by atoms with Gasteiger partial charge in [-0.25, -0.2) is 4.57 Å². The zero-order chi connectivity index (χ0) is 33.2. The maximum absolute atomic E-state index is 14.0. The molecule has 0 unspecified atom stereocenters. The Hall–Kier alpha value is -4.52. The lowest BCUT2D eigenvalue weighted by Gasteiger charge is -2.14. The highest BCUT2D eigenvalue weighted by Gasteiger charge is 2.33. The molecule has 0 aliphatic rings. The van der Waals surface area contributed by atoms with E-state index in [0.717, 1.165) is 23.5 Å². The summed E-state index contributed by atoms with van der Waals surface area (Å²) in [4.78, 5) is 28.2. The van der Waals surface area contributed by atoms with Gasteiger partial charge in [0, 0.05) is 47.4 Å². The molecule has 0 saturated heterocycles. The van der Waals surface area contributed by atoms with Crippen LogP contribution in [0.25, 0.3) is 16.9 Å². The van der Waals surface area contributed by atoms with Crippen molar-refractivity contribution < 1.29 is 22.6 Å². The summed E-state index contributed by atoms with van der Waals surface area (Å²) in [5.41, 5.74) is 1.58. The Morgan fingerprint density at radius 1 is 1.02 bits per heavy atom. The molecular formula is C30H22Cl2N7O4S3+. The van der Waals surface area contributed by atoms with Gasteiger partial charge in [-0.05, 0) is 48.5 Å². The summed E-state index contributed by atoms with van der Waals surface area (Å²) in [7, 11) is -0.973. The van der Waals surface area contributed by atoms with Crippen molar-refractivity contribution in [2.75, 3.05) is 24.3 Å². The molecule has 3 aromatic carbocycles. The Labute approximate surface area is 283 Å². The van der Waals surface area contributed by atoms with Crippen LogP contribution in [0.3, 0.4) is 0 Å². The number of allylic oxidation sites excluding steroid dienone is 1. The lowest BCUT2D eigenvalue weighted by atomic mass is 10.0. The molecular weight excluding hydrogens is 689 g/mol.